The van der Waals surface area contributed by atoms with Crippen LogP contribution >= 0.6 is 15.9 Å². The third-order valence-electron chi connectivity index (χ3n) is 2.64. The second-order valence-corrected chi connectivity index (χ2v) is 4.96. The highest BCUT2D eigenvalue weighted by molar-refractivity contribution is 9.10. The number of ketones is 1. The Kier molecular flexibility index (Phi) is 3.43. The lowest BCUT2D eigenvalue weighted by atomic mass is 10.1. The first kappa shape index (κ1) is 12.0. The van der Waals surface area contributed by atoms with Crippen molar-refractivity contribution in [2.24, 2.45) is 0 Å². The van der Waals surface area contributed by atoms with Crippen LogP contribution in [0.15, 0.2) is 41.1 Å². The normalized spacial score (nSPS) is 12.4. The van der Waals surface area contributed by atoms with Gasteiger partial charge in [0.25, 0.3) is 0 Å². The van der Waals surface area contributed by atoms with Gasteiger partial charge in [-0.05, 0) is 31.5 Å². The lowest BCUT2D eigenvalue weighted by Gasteiger charge is -2.11. The molecular formula is C13H13BrN2O. The number of aryl methyl sites for hydroxylation is 1. The monoisotopic (exact) mass is 292 g/mol. The van der Waals surface area contributed by atoms with E-state index in [4.69, 9.17) is 0 Å². The molecule has 1 unspecified atom stereocenters. The van der Waals surface area contributed by atoms with Crippen LogP contribution in [-0.2, 0) is 0 Å². The fourth-order valence-corrected chi connectivity index (χ4v) is 1.88. The molecule has 0 aliphatic rings. The molecule has 0 aliphatic carbocycles. The van der Waals surface area contributed by atoms with Crippen molar-refractivity contribution in [1.29, 1.82) is 0 Å². The molecule has 0 saturated heterocycles. The molecule has 0 radical (unpaired) electrons. The Morgan fingerprint density at radius 3 is 2.53 bits per heavy atom. The van der Waals surface area contributed by atoms with Gasteiger partial charge in [0, 0.05) is 16.2 Å². The minimum absolute atomic E-state index is 0.0700. The summed E-state index contributed by atoms with van der Waals surface area (Å²) < 4.78 is 2.66. The smallest absolute Gasteiger partial charge is 0.187 e. The maximum Gasteiger partial charge on any atom is 0.187 e. The van der Waals surface area contributed by atoms with Crippen molar-refractivity contribution in [3.63, 3.8) is 0 Å². The van der Waals surface area contributed by atoms with Crippen LogP contribution in [0, 0.1) is 6.92 Å². The van der Waals surface area contributed by atoms with Crippen molar-refractivity contribution in [3.05, 3.63) is 52.3 Å². The second-order valence-electron chi connectivity index (χ2n) is 4.04. The van der Waals surface area contributed by atoms with Crippen molar-refractivity contribution >= 4 is 21.7 Å². The summed E-state index contributed by atoms with van der Waals surface area (Å²) in [7, 11) is 0. The van der Waals surface area contributed by atoms with E-state index < -0.39 is 0 Å². The quantitative estimate of drug-likeness (QED) is 0.813. The number of hydrogen-bond acceptors (Lipinski definition) is 2. The SMILES string of the molecule is Cc1cnn(C(C)C(=O)c2ccc(Br)cc2)c1. The van der Waals surface area contributed by atoms with Crippen molar-refractivity contribution in [2.45, 2.75) is 19.9 Å². The van der Waals surface area contributed by atoms with E-state index in [0.29, 0.717) is 5.56 Å². The summed E-state index contributed by atoms with van der Waals surface area (Å²) in [5.74, 6) is 0.0700. The summed E-state index contributed by atoms with van der Waals surface area (Å²) in [4.78, 5) is 12.2. The van der Waals surface area contributed by atoms with E-state index in [-0.39, 0.29) is 11.8 Å². The van der Waals surface area contributed by atoms with E-state index in [1.165, 1.54) is 0 Å². The zero-order valence-corrected chi connectivity index (χ0v) is 11.3. The highest BCUT2D eigenvalue weighted by Gasteiger charge is 2.17. The molecule has 0 N–H and O–H groups in total. The number of carbonyl (C=O) groups excluding carboxylic acids is 1. The van der Waals surface area contributed by atoms with Gasteiger partial charge in [0.05, 0.1) is 6.20 Å². The minimum atomic E-state index is -0.273. The van der Waals surface area contributed by atoms with Gasteiger partial charge < -0.3 is 0 Å². The van der Waals surface area contributed by atoms with Gasteiger partial charge in [-0.25, -0.2) is 0 Å². The van der Waals surface area contributed by atoms with E-state index >= 15 is 0 Å². The third-order valence-corrected chi connectivity index (χ3v) is 3.16. The molecule has 0 spiro atoms. The zero-order chi connectivity index (χ0) is 12.4. The van der Waals surface area contributed by atoms with Crippen molar-refractivity contribution in [3.8, 4) is 0 Å². The van der Waals surface area contributed by atoms with E-state index in [2.05, 4.69) is 21.0 Å². The number of hydrogen-bond donors (Lipinski definition) is 0. The van der Waals surface area contributed by atoms with Gasteiger partial charge in [-0.1, -0.05) is 28.1 Å². The lowest BCUT2D eigenvalue weighted by molar-refractivity contribution is 0.0928. The first-order valence-corrected chi connectivity index (χ1v) is 6.18. The maximum absolute atomic E-state index is 12.2. The first-order chi connectivity index (χ1) is 8.08. The molecule has 4 heteroatoms. The molecule has 0 saturated carbocycles. The van der Waals surface area contributed by atoms with Crippen LogP contribution in [0.1, 0.15) is 28.9 Å². The predicted octanol–water partition coefficient (Wildman–Crippen LogP) is 3.40. The van der Waals surface area contributed by atoms with Crippen molar-refractivity contribution in [1.82, 2.24) is 9.78 Å². The highest BCUT2D eigenvalue weighted by Crippen LogP contribution is 2.16. The van der Waals surface area contributed by atoms with Crippen LogP contribution < -0.4 is 0 Å². The van der Waals surface area contributed by atoms with Gasteiger partial charge in [0.2, 0.25) is 0 Å². The molecule has 2 aromatic rings. The Morgan fingerprint density at radius 2 is 2.00 bits per heavy atom. The van der Waals surface area contributed by atoms with E-state index in [1.807, 2.05) is 44.3 Å². The molecule has 0 bridgehead atoms. The Labute approximate surface area is 109 Å². The lowest BCUT2D eigenvalue weighted by Crippen LogP contribution is -2.17. The Hall–Kier alpha value is -1.42. The maximum atomic E-state index is 12.2. The number of benzene rings is 1. The summed E-state index contributed by atoms with van der Waals surface area (Å²) in [6.45, 7) is 3.82. The van der Waals surface area contributed by atoms with Gasteiger partial charge >= 0.3 is 0 Å². The molecule has 0 fully saturated rings. The number of aromatic nitrogens is 2. The van der Waals surface area contributed by atoms with Gasteiger partial charge in [0.1, 0.15) is 6.04 Å². The fourth-order valence-electron chi connectivity index (χ4n) is 1.62. The van der Waals surface area contributed by atoms with Crippen LogP contribution in [0.4, 0.5) is 0 Å². The summed E-state index contributed by atoms with van der Waals surface area (Å²) in [5.41, 5.74) is 1.76. The average molecular weight is 293 g/mol. The van der Waals surface area contributed by atoms with E-state index in [1.54, 1.807) is 10.9 Å². The van der Waals surface area contributed by atoms with Crippen molar-refractivity contribution < 1.29 is 4.79 Å². The molecular weight excluding hydrogens is 280 g/mol. The predicted molar refractivity (Wildman–Crippen MR) is 70.1 cm³/mol. The first-order valence-electron chi connectivity index (χ1n) is 5.38. The molecule has 1 aromatic heterocycles. The highest BCUT2D eigenvalue weighted by atomic mass is 79.9. The van der Waals surface area contributed by atoms with E-state index in [0.717, 1.165) is 10.0 Å². The fraction of sp³-hybridized carbons (Fsp3) is 0.231. The molecule has 17 heavy (non-hydrogen) atoms. The minimum Gasteiger partial charge on any atom is -0.292 e. The molecule has 0 amide bonds. The Balaban J connectivity index is 2.23. The summed E-state index contributed by atoms with van der Waals surface area (Å²) in [6, 6.07) is 7.10. The average Bonchev–Trinajstić information content (AvgIpc) is 2.75. The summed E-state index contributed by atoms with van der Waals surface area (Å²) in [5, 5.41) is 4.17. The molecule has 88 valence electrons. The number of Topliss-reactive ketones (excluding diaryl/α,β-unsaturated/α-hetero) is 1. The van der Waals surface area contributed by atoms with Gasteiger partial charge in [-0.3, -0.25) is 9.48 Å². The van der Waals surface area contributed by atoms with Crippen molar-refractivity contribution in [2.75, 3.05) is 0 Å². The Morgan fingerprint density at radius 1 is 1.35 bits per heavy atom. The molecule has 1 atom stereocenters. The number of carbonyl (C=O) groups is 1. The molecule has 0 aliphatic heterocycles. The van der Waals surface area contributed by atoms with Crippen LogP contribution in [0.2, 0.25) is 0 Å². The Bertz CT molecular complexity index is 531. The van der Waals surface area contributed by atoms with Crippen LogP contribution in [0.3, 0.4) is 0 Å². The largest absolute Gasteiger partial charge is 0.292 e. The number of rotatable bonds is 3. The topological polar surface area (TPSA) is 34.9 Å². The number of nitrogens with zero attached hydrogens (tertiary/aromatic N) is 2. The zero-order valence-electron chi connectivity index (χ0n) is 9.72. The van der Waals surface area contributed by atoms with Crippen LogP contribution in [0.25, 0.3) is 0 Å². The molecule has 3 nitrogen and oxygen atoms in total. The molecule has 1 heterocycles. The van der Waals surface area contributed by atoms with Crippen LogP contribution in [-0.4, -0.2) is 15.6 Å². The van der Waals surface area contributed by atoms with Gasteiger partial charge in [-0.15, -0.1) is 0 Å². The molecule has 1 aromatic carbocycles. The van der Waals surface area contributed by atoms with Crippen LogP contribution in [0.5, 0.6) is 0 Å². The standard InChI is InChI=1S/C13H13BrN2O/c1-9-7-15-16(8-9)10(2)13(17)11-3-5-12(14)6-4-11/h3-8,10H,1-2H3. The molecule has 2 rings (SSSR count). The summed E-state index contributed by atoms with van der Waals surface area (Å²) >= 11 is 3.35. The second kappa shape index (κ2) is 4.84. The van der Waals surface area contributed by atoms with Gasteiger partial charge in [0.15, 0.2) is 5.78 Å². The summed E-state index contributed by atoms with van der Waals surface area (Å²) in [6.07, 6.45) is 3.63. The third kappa shape index (κ3) is 2.64. The van der Waals surface area contributed by atoms with E-state index in [9.17, 15) is 4.79 Å². The van der Waals surface area contributed by atoms with Gasteiger partial charge in [-0.2, -0.15) is 5.10 Å². The number of halogens is 1.